The smallest absolute Gasteiger partial charge is 1.00 e. The number of amides is 1. The van der Waals surface area contributed by atoms with Crippen molar-refractivity contribution in [1.82, 2.24) is 3.26 Å². The fourth-order valence-corrected chi connectivity index (χ4v) is 11.1. The van der Waals surface area contributed by atoms with Crippen LogP contribution in [0.25, 0.3) is 11.1 Å². The van der Waals surface area contributed by atoms with Crippen molar-refractivity contribution in [1.29, 1.82) is 0 Å². The Balaban J connectivity index is 0.00000210. The van der Waals surface area contributed by atoms with Crippen molar-refractivity contribution in [2.75, 3.05) is 0 Å². The molecule has 4 aromatic carbocycles. The normalized spacial score (nSPS) is 11.9. The van der Waals surface area contributed by atoms with E-state index < -0.39 is 22.1 Å². The maximum absolute atomic E-state index is 13.9. The van der Waals surface area contributed by atoms with Gasteiger partial charge in [0.25, 0.3) is 0 Å². The second-order valence-corrected chi connectivity index (χ2v) is 17.3. The Hall–Kier alpha value is -1.97. The first-order valence-electron chi connectivity index (χ1n) is 13.2. The largest absolute Gasteiger partial charge is 1.00 e. The van der Waals surface area contributed by atoms with Crippen LogP contribution in [0.4, 0.5) is 0 Å². The Morgan fingerprint density at radius 3 is 1.87 bits per heavy atom. The van der Waals surface area contributed by atoms with Crippen molar-refractivity contribution < 1.29 is 51.8 Å². The van der Waals surface area contributed by atoms with E-state index in [1.807, 2.05) is 0 Å². The van der Waals surface area contributed by atoms with Crippen LogP contribution in [0.3, 0.4) is 0 Å². The number of hydrogen-bond donors (Lipinski definition) is 1. The fourth-order valence-electron chi connectivity index (χ4n) is 5.71. The summed E-state index contributed by atoms with van der Waals surface area (Å²) >= 11 is -0.959. The van der Waals surface area contributed by atoms with Crippen molar-refractivity contribution in [3.05, 3.63) is 130 Å². The molecule has 0 atom stereocenters. The summed E-state index contributed by atoms with van der Waals surface area (Å²) < 4.78 is 3.48. The van der Waals surface area contributed by atoms with E-state index in [-0.39, 0.29) is 54.6 Å². The van der Waals surface area contributed by atoms with Crippen molar-refractivity contribution in [2.45, 2.75) is 51.5 Å². The van der Waals surface area contributed by atoms with Gasteiger partial charge in [0.05, 0.1) is 0 Å². The van der Waals surface area contributed by atoms with Gasteiger partial charge in [-0.2, -0.15) is 0 Å². The molecule has 39 heavy (non-hydrogen) atoms. The first-order valence-corrected chi connectivity index (χ1v) is 20.1. The Morgan fingerprint density at radius 1 is 0.744 bits per heavy atom. The number of carbonyl (C=O) groups is 1. The van der Waals surface area contributed by atoms with E-state index in [4.69, 9.17) is 0 Å². The first kappa shape index (κ1) is 31.6. The molecule has 199 valence electrons. The van der Waals surface area contributed by atoms with Crippen LogP contribution in [0.5, 0.6) is 0 Å². The molecule has 1 N–H and O–H groups in total. The average Bonchev–Trinajstić information content (AvgIpc) is 3.25. The quantitative estimate of drug-likeness (QED) is 0.265. The third kappa shape index (κ3) is 6.51. The number of carbonyl (C=O) groups excluding carboxylic acids is 1. The minimum Gasteiger partial charge on any atom is -1.00 e. The van der Waals surface area contributed by atoms with Gasteiger partial charge in [-0.05, 0) is 0 Å². The number of hydrogen-bond acceptors (Lipinski definition) is 1. The van der Waals surface area contributed by atoms with Crippen molar-refractivity contribution >= 4 is 12.1 Å². The topological polar surface area (TPSA) is 29.1 Å². The molecule has 5 rings (SSSR count). The van der Waals surface area contributed by atoms with Crippen LogP contribution >= 0.6 is 0 Å². The molecule has 0 bridgehead atoms. The Morgan fingerprint density at radius 2 is 1.31 bits per heavy atom. The van der Waals surface area contributed by atoms with Crippen LogP contribution in [0, 0.1) is 0 Å². The maximum atomic E-state index is 13.9. The molecule has 0 spiro atoms. The van der Waals surface area contributed by atoms with E-state index in [1.165, 1.54) is 44.5 Å². The third-order valence-electron chi connectivity index (χ3n) is 7.35. The van der Waals surface area contributed by atoms with Gasteiger partial charge in [0.2, 0.25) is 0 Å². The summed E-state index contributed by atoms with van der Waals surface area (Å²) in [5, 5.41) is 0. The minimum atomic E-state index is -0.959. The van der Waals surface area contributed by atoms with Crippen LogP contribution in [0.2, 0.25) is 0 Å². The molecule has 1 aliphatic rings. The van der Waals surface area contributed by atoms with Gasteiger partial charge in [-0.25, -0.2) is 0 Å². The van der Waals surface area contributed by atoms with Gasteiger partial charge in [-0.15, -0.1) is 0 Å². The van der Waals surface area contributed by atoms with E-state index >= 15 is 0 Å². The van der Waals surface area contributed by atoms with E-state index in [2.05, 4.69) is 122 Å². The van der Waals surface area contributed by atoms with Crippen LogP contribution < -0.4 is 28.1 Å². The molecule has 0 radical (unpaired) electrons. The average molecular weight is 651 g/mol. The number of benzene rings is 4. The Labute approximate surface area is 257 Å². The molecule has 0 aliphatic heterocycles. The number of nitrogens with one attached hydrogen (secondary N) is 1. The molecule has 0 saturated carbocycles. The van der Waals surface area contributed by atoms with Gasteiger partial charge in [0.1, 0.15) is 0 Å². The maximum Gasteiger partial charge on any atom is -1.00 e. The summed E-state index contributed by atoms with van der Waals surface area (Å²) in [5.41, 5.74) is 11.3. The van der Waals surface area contributed by atoms with E-state index in [0.29, 0.717) is 0 Å². The van der Waals surface area contributed by atoms with Crippen LogP contribution in [-0.2, 0) is 28.2 Å². The second kappa shape index (κ2) is 14.1. The zero-order valence-electron chi connectivity index (χ0n) is 22.8. The zero-order valence-corrected chi connectivity index (χ0v) is 28.0. The van der Waals surface area contributed by atoms with Crippen molar-refractivity contribution in [2.24, 2.45) is 0 Å². The number of rotatable bonds is 7. The third-order valence-corrected chi connectivity index (χ3v) is 13.0. The van der Waals surface area contributed by atoms with Gasteiger partial charge in [-0.1, -0.05) is 0 Å². The standard InChI is InChI=1S/C26H27NO.C7H8Si.2ClH.Zr/c1-15(2)17-13-14-22(23(16(3)4)25(17)26(27)28)24-20-11-7-5-9-18(20)19-10-6-8-12-21(19)24;8-6-7-4-2-1-3-5-7;;;/h5-16,24H,1-4H3,(H2,27,28);1-5,8H,6H2;2*1H;/q;;;;+3/p-3. The molecule has 0 heterocycles. The number of fused-ring (bicyclic) bond motifs is 3. The molecule has 0 unspecified atom stereocenters. The van der Waals surface area contributed by atoms with Crippen LogP contribution in [0.15, 0.2) is 91.0 Å². The van der Waals surface area contributed by atoms with Gasteiger partial charge in [0, 0.05) is 0 Å². The molecule has 0 aromatic heterocycles. The summed E-state index contributed by atoms with van der Waals surface area (Å²) in [7, 11) is 0. The Kier molecular flexibility index (Phi) is 11.4. The molecule has 2 nitrogen and oxygen atoms in total. The summed E-state index contributed by atoms with van der Waals surface area (Å²) in [6.45, 7) is 8.90. The predicted molar refractivity (Wildman–Crippen MR) is 152 cm³/mol. The molecule has 1 amide bonds. The molecule has 0 saturated heterocycles. The summed E-state index contributed by atoms with van der Waals surface area (Å²) in [4.78, 5) is 13.9. The monoisotopic (exact) mass is 648 g/mol. The molecule has 4 aromatic rings. The van der Waals surface area contributed by atoms with E-state index in [1.54, 1.807) is 0 Å². The zero-order chi connectivity index (χ0) is 25.9. The Bertz CT molecular complexity index is 1420. The summed E-state index contributed by atoms with van der Waals surface area (Å²) in [6.07, 6.45) is 0.280. The second-order valence-electron chi connectivity index (χ2n) is 10.4. The molecule has 1 aliphatic carbocycles. The van der Waals surface area contributed by atoms with Gasteiger partial charge >= 0.3 is 235 Å². The van der Waals surface area contributed by atoms with Gasteiger partial charge < -0.3 is 24.8 Å². The van der Waals surface area contributed by atoms with E-state index in [0.717, 1.165) is 11.6 Å². The predicted octanol–water partition coefficient (Wildman–Crippen LogP) is 1.38. The molecular weight excluding hydrogens is 617 g/mol. The fraction of sp³-hybridized carbons (Fsp3) is 0.242. The van der Waals surface area contributed by atoms with E-state index in [9.17, 15) is 4.79 Å². The minimum absolute atomic E-state index is 0. The molecule has 6 heteroatoms. The summed E-state index contributed by atoms with van der Waals surface area (Å²) in [5.74, 6) is 0.844. The van der Waals surface area contributed by atoms with Crippen molar-refractivity contribution in [3.63, 3.8) is 0 Å². The van der Waals surface area contributed by atoms with Crippen LogP contribution in [0.1, 0.15) is 89.2 Å². The van der Waals surface area contributed by atoms with Gasteiger partial charge in [0.15, 0.2) is 0 Å². The van der Waals surface area contributed by atoms with Crippen molar-refractivity contribution in [3.8, 4) is 11.1 Å². The molecule has 0 fully saturated rings. The van der Waals surface area contributed by atoms with Gasteiger partial charge in [-0.3, -0.25) is 0 Å². The molecular formula is C33H34Cl2NOSiZr. The summed E-state index contributed by atoms with van der Waals surface area (Å²) in [6, 6.07) is 33.9. The SMILES string of the molecule is CC(C)c1ccc(C2c3ccccc3-c3ccccc32)c(C(C)C)c1C(=O)[NH]/[Zr+2]=[SiH]/Cc1ccccc1.[Cl-].[Cl-]. The number of halogens is 2. The first-order chi connectivity index (χ1) is 18.0. The van der Waals surface area contributed by atoms with Crippen LogP contribution in [-0.4, -0.2) is 12.1 Å².